The van der Waals surface area contributed by atoms with E-state index in [4.69, 9.17) is 9.47 Å². The van der Waals surface area contributed by atoms with Crippen LogP contribution in [-0.2, 0) is 11.3 Å². The molecular formula is C19H17BrN2O3. The van der Waals surface area contributed by atoms with Gasteiger partial charge in [0.1, 0.15) is 11.3 Å². The van der Waals surface area contributed by atoms with E-state index < -0.39 is 5.97 Å². The molecule has 0 fully saturated rings. The third kappa shape index (κ3) is 3.74. The van der Waals surface area contributed by atoms with Crippen molar-refractivity contribution in [2.24, 2.45) is 0 Å². The first kappa shape index (κ1) is 17.2. The van der Waals surface area contributed by atoms with E-state index in [0.717, 1.165) is 26.6 Å². The van der Waals surface area contributed by atoms with Crippen molar-refractivity contribution in [3.05, 3.63) is 64.3 Å². The highest BCUT2D eigenvalue weighted by Crippen LogP contribution is 2.26. The van der Waals surface area contributed by atoms with Crippen LogP contribution >= 0.6 is 15.9 Å². The van der Waals surface area contributed by atoms with Crippen LogP contribution in [0.15, 0.2) is 53.1 Å². The molecule has 0 spiro atoms. The largest absolute Gasteiger partial charge is 0.496 e. The summed E-state index contributed by atoms with van der Waals surface area (Å²) in [6, 6.07) is 13.4. The summed E-state index contributed by atoms with van der Waals surface area (Å²) in [7, 11) is 2.88. The molecule has 3 aromatic rings. The fourth-order valence-electron chi connectivity index (χ4n) is 2.61. The molecule has 25 heavy (non-hydrogen) atoms. The number of carbonyl (C=O) groups excluding carboxylic acids is 1. The van der Waals surface area contributed by atoms with Crippen LogP contribution in [0.5, 0.6) is 5.75 Å². The van der Waals surface area contributed by atoms with Gasteiger partial charge in [0.2, 0.25) is 0 Å². The van der Waals surface area contributed by atoms with Gasteiger partial charge in [-0.05, 0) is 42.0 Å². The lowest BCUT2D eigenvalue weighted by molar-refractivity contribution is 0.0597. The Morgan fingerprint density at radius 3 is 2.76 bits per heavy atom. The van der Waals surface area contributed by atoms with Gasteiger partial charge in [-0.25, -0.2) is 4.79 Å². The molecule has 0 amide bonds. The Morgan fingerprint density at radius 1 is 1.16 bits per heavy atom. The van der Waals surface area contributed by atoms with Gasteiger partial charge in [0.25, 0.3) is 0 Å². The fraction of sp³-hybridized carbons (Fsp3) is 0.158. The Bertz CT molecular complexity index is 928. The Hall–Kier alpha value is -2.60. The van der Waals surface area contributed by atoms with Gasteiger partial charge in [-0.15, -0.1) is 0 Å². The molecule has 6 heteroatoms. The third-order valence-corrected chi connectivity index (χ3v) is 4.35. The lowest BCUT2D eigenvalue weighted by Gasteiger charge is -2.12. The summed E-state index contributed by atoms with van der Waals surface area (Å²) in [5.74, 6) is 0.0766. The Kier molecular flexibility index (Phi) is 5.19. The number of rotatable bonds is 5. The zero-order valence-corrected chi connectivity index (χ0v) is 15.5. The second-order valence-electron chi connectivity index (χ2n) is 5.40. The Balaban J connectivity index is 1.86. The molecule has 0 aliphatic carbocycles. The van der Waals surface area contributed by atoms with Crippen LogP contribution in [0.1, 0.15) is 15.9 Å². The SMILES string of the molecule is COC(=O)c1cc(CNc2ccnc3cc(Br)ccc23)ccc1OC. The van der Waals surface area contributed by atoms with E-state index in [1.807, 2.05) is 30.3 Å². The first-order chi connectivity index (χ1) is 12.1. The monoisotopic (exact) mass is 400 g/mol. The van der Waals surface area contributed by atoms with Crippen molar-refractivity contribution >= 4 is 38.5 Å². The maximum Gasteiger partial charge on any atom is 0.341 e. The molecule has 128 valence electrons. The molecule has 0 aliphatic heterocycles. The number of halogens is 1. The molecule has 0 saturated carbocycles. The van der Waals surface area contributed by atoms with Gasteiger partial charge < -0.3 is 14.8 Å². The van der Waals surface area contributed by atoms with Crippen molar-refractivity contribution in [2.75, 3.05) is 19.5 Å². The van der Waals surface area contributed by atoms with E-state index in [9.17, 15) is 4.79 Å². The number of anilines is 1. The van der Waals surface area contributed by atoms with E-state index in [1.165, 1.54) is 14.2 Å². The number of aromatic nitrogens is 1. The van der Waals surface area contributed by atoms with Crippen LogP contribution in [0, 0.1) is 0 Å². The normalized spacial score (nSPS) is 10.5. The molecule has 0 radical (unpaired) electrons. The number of nitrogens with one attached hydrogen (secondary N) is 1. The minimum Gasteiger partial charge on any atom is -0.496 e. The topological polar surface area (TPSA) is 60.5 Å². The van der Waals surface area contributed by atoms with Crippen molar-refractivity contribution in [3.8, 4) is 5.75 Å². The number of ether oxygens (including phenoxy) is 2. The highest BCUT2D eigenvalue weighted by Gasteiger charge is 2.13. The molecule has 2 aromatic carbocycles. The van der Waals surface area contributed by atoms with Gasteiger partial charge in [0, 0.05) is 28.3 Å². The molecule has 0 bridgehead atoms. The highest BCUT2D eigenvalue weighted by molar-refractivity contribution is 9.10. The summed E-state index contributed by atoms with van der Waals surface area (Å²) in [6.07, 6.45) is 1.77. The minimum atomic E-state index is -0.419. The summed E-state index contributed by atoms with van der Waals surface area (Å²) >= 11 is 3.46. The predicted molar refractivity (Wildman–Crippen MR) is 101 cm³/mol. The number of esters is 1. The zero-order valence-electron chi connectivity index (χ0n) is 13.9. The molecule has 0 atom stereocenters. The lowest BCUT2D eigenvalue weighted by Crippen LogP contribution is -2.07. The summed E-state index contributed by atoms with van der Waals surface area (Å²) in [4.78, 5) is 16.3. The van der Waals surface area contributed by atoms with Crippen LogP contribution in [0.4, 0.5) is 5.69 Å². The molecule has 5 nitrogen and oxygen atoms in total. The summed E-state index contributed by atoms with van der Waals surface area (Å²) in [5.41, 5.74) is 3.24. The maximum absolute atomic E-state index is 11.9. The molecular weight excluding hydrogens is 384 g/mol. The number of nitrogens with zero attached hydrogens (tertiary/aromatic N) is 1. The van der Waals surface area contributed by atoms with Crippen molar-refractivity contribution in [1.82, 2.24) is 4.98 Å². The van der Waals surface area contributed by atoms with E-state index in [0.29, 0.717) is 17.9 Å². The van der Waals surface area contributed by atoms with Crippen LogP contribution in [0.25, 0.3) is 10.9 Å². The van der Waals surface area contributed by atoms with Crippen LogP contribution in [-0.4, -0.2) is 25.2 Å². The fourth-order valence-corrected chi connectivity index (χ4v) is 2.96. The number of hydrogen-bond acceptors (Lipinski definition) is 5. The first-order valence-electron chi connectivity index (χ1n) is 7.65. The number of fused-ring (bicyclic) bond motifs is 1. The lowest BCUT2D eigenvalue weighted by atomic mass is 10.1. The number of hydrogen-bond donors (Lipinski definition) is 1. The molecule has 1 heterocycles. The number of carbonyl (C=O) groups is 1. The molecule has 0 saturated heterocycles. The van der Waals surface area contributed by atoms with Crippen molar-refractivity contribution in [2.45, 2.75) is 6.54 Å². The Morgan fingerprint density at radius 2 is 2.00 bits per heavy atom. The molecule has 0 unspecified atom stereocenters. The summed E-state index contributed by atoms with van der Waals surface area (Å²) in [5, 5.41) is 4.43. The second kappa shape index (κ2) is 7.53. The average Bonchev–Trinajstić information content (AvgIpc) is 2.65. The first-order valence-corrected chi connectivity index (χ1v) is 8.45. The van der Waals surface area contributed by atoms with Crippen molar-refractivity contribution in [3.63, 3.8) is 0 Å². The second-order valence-corrected chi connectivity index (χ2v) is 6.32. The van der Waals surface area contributed by atoms with Gasteiger partial charge in [-0.3, -0.25) is 4.98 Å². The molecule has 0 aliphatic rings. The van der Waals surface area contributed by atoms with Crippen LogP contribution < -0.4 is 10.1 Å². The quantitative estimate of drug-likeness (QED) is 0.642. The van der Waals surface area contributed by atoms with Crippen LogP contribution in [0.2, 0.25) is 0 Å². The number of pyridine rings is 1. The van der Waals surface area contributed by atoms with E-state index in [1.54, 1.807) is 18.3 Å². The zero-order chi connectivity index (χ0) is 17.8. The smallest absolute Gasteiger partial charge is 0.341 e. The Labute approximate surface area is 154 Å². The highest BCUT2D eigenvalue weighted by atomic mass is 79.9. The average molecular weight is 401 g/mol. The van der Waals surface area contributed by atoms with Crippen molar-refractivity contribution < 1.29 is 14.3 Å². The standard InChI is InChI=1S/C19H17BrN2O3/c1-24-18-6-3-12(9-15(18)19(23)25-2)11-22-16-7-8-21-17-10-13(20)4-5-14(16)17/h3-10H,11H2,1-2H3,(H,21,22). The van der Waals surface area contributed by atoms with Crippen molar-refractivity contribution in [1.29, 1.82) is 0 Å². The van der Waals surface area contributed by atoms with E-state index >= 15 is 0 Å². The van der Waals surface area contributed by atoms with Crippen LogP contribution in [0.3, 0.4) is 0 Å². The number of methoxy groups -OCH3 is 2. The molecule has 1 aromatic heterocycles. The van der Waals surface area contributed by atoms with Gasteiger partial charge >= 0.3 is 5.97 Å². The number of benzene rings is 2. The summed E-state index contributed by atoms with van der Waals surface area (Å²) in [6.45, 7) is 0.559. The van der Waals surface area contributed by atoms with E-state index in [2.05, 4.69) is 26.2 Å². The van der Waals surface area contributed by atoms with Gasteiger partial charge in [-0.2, -0.15) is 0 Å². The maximum atomic E-state index is 11.9. The minimum absolute atomic E-state index is 0.410. The molecule has 1 N–H and O–H groups in total. The van der Waals surface area contributed by atoms with Gasteiger partial charge in [0.05, 0.1) is 19.7 Å². The summed E-state index contributed by atoms with van der Waals surface area (Å²) < 4.78 is 11.0. The predicted octanol–water partition coefficient (Wildman–Crippen LogP) is 4.40. The van der Waals surface area contributed by atoms with Gasteiger partial charge in [0.15, 0.2) is 0 Å². The third-order valence-electron chi connectivity index (χ3n) is 3.86. The van der Waals surface area contributed by atoms with Gasteiger partial charge in [-0.1, -0.05) is 22.0 Å². The van der Waals surface area contributed by atoms with E-state index in [-0.39, 0.29) is 0 Å². The molecule has 3 rings (SSSR count).